The fourth-order valence-corrected chi connectivity index (χ4v) is 5.85. The molecule has 0 amide bonds. The second-order valence-electron chi connectivity index (χ2n) is 6.44. The standard InChI is InChI=1S/C16H24N2O2S/c1-12-10-11-18(15-8-4-2-6-13(12)15)21(19,20)16-9-5-3-7-14(16)17/h3,5,7,9,12-13,15H,2,4,6,8,10-11,17H2,1H3. The van der Waals surface area contributed by atoms with E-state index < -0.39 is 10.0 Å². The predicted octanol–water partition coefficient (Wildman–Crippen LogP) is 2.86. The topological polar surface area (TPSA) is 63.4 Å². The van der Waals surface area contributed by atoms with Crippen LogP contribution in [0.2, 0.25) is 0 Å². The van der Waals surface area contributed by atoms with Gasteiger partial charge in [0.25, 0.3) is 0 Å². The Morgan fingerprint density at radius 3 is 2.62 bits per heavy atom. The van der Waals surface area contributed by atoms with Crippen LogP contribution in [0.4, 0.5) is 5.69 Å². The third kappa shape index (κ3) is 2.57. The van der Waals surface area contributed by atoms with Gasteiger partial charge in [-0.3, -0.25) is 0 Å². The summed E-state index contributed by atoms with van der Waals surface area (Å²) in [6.45, 7) is 2.89. The SMILES string of the molecule is CC1CCN(S(=O)(=O)c2ccccc2N)C2CCCCC12. The van der Waals surface area contributed by atoms with Gasteiger partial charge in [-0.2, -0.15) is 4.31 Å². The van der Waals surface area contributed by atoms with Crippen molar-refractivity contribution in [3.63, 3.8) is 0 Å². The van der Waals surface area contributed by atoms with Gasteiger partial charge in [-0.1, -0.05) is 31.9 Å². The van der Waals surface area contributed by atoms with Crippen LogP contribution < -0.4 is 5.73 Å². The number of hydrogen-bond acceptors (Lipinski definition) is 3. The van der Waals surface area contributed by atoms with Crippen LogP contribution in [0, 0.1) is 11.8 Å². The van der Waals surface area contributed by atoms with E-state index >= 15 is 0 Å². The molecule has 0 bridgehead atoms. The van der Waals surface area contributed by atoms with Gasteiger partial charge in [0.05, 0.1) is 5.69 Å². The molecular formula is C16H24N2O2S. The van der Waals surface area contributed by atoms with Gasteiger partial charge < -0.3 is 5.73 Å². The van der Waals surface area contributed by atoms with Gasteiger partial charge in [0.1, 0.15) is 4.90 Å². The zero-order chi connectivity index (χ0) is 15.0. The van der Waals surface area contributed by atoms with E-state index in [1.807, 2.05) is 0 Å². The molecule has 1 aliphatic carbocycles. The normalized spacial score (nSPS) is 30.8. The molecule has 5 heteroatoms. The third-order valence-electron chi connectivity index (χ3n) is 5.19. The molecule has 4 nitrogen and oxygen atoms in total. The first-order valence-corrected chi connectivity index (χ1v) is 9.32. The molecule has 1 aromatic carbocycles. The first kappa shape index (κ1) is 14.9. The van der Waals surface area contributed by atoms with E-state index in [1.54, 1.807) is 28.6 Å². The van der Waals surface area contributed by atoms with Crippen molar-refractivity contribution in [2.24, 2.45) is 11.8 Å². The molecule has 116 valence electrons. The number of anilines is 1. The number of nitrogen functional groups attached to an aromatic ring is 1. The van der Waals surface area contributed by atoms with Crippen molar-refractivity contribution in [3.05, 3.63) is 24.3 Å². The Kier molecular flexibility index (Phi) is 3.97. The monoisotopic (exact) mass is 308 g/mol. The Morgan fingerprint density at radius 1 is 1.14 bits per heavy atom. The number of hydrogen-bond donors (Lipinski definition) is 1. The maximum atomic E-state index is 13.0. The molecule has 3 unspecified atom stereocenters. The first-order valence-electron chi connectivity index (χ1n) is 7.88. The Labute approximate surface area is 127 Å². The van der Waals surface area contributed by atoms with Crippen molar-refractivity contribution >= 4 is 15.7 Å². The van der Waals surface area contributed by atoms with Crippen molar-refractivity contribution in [1.82, 2.24) is 4.31 Å². The van der Waals surface area contributed by atoms with E-state index in [0.717, 1.165) is 25.7 Å². The zero-order valence-corrected chi connectivity index (χ0v) is 13.3. The maximum absolute atomic E-state index is 13.0. The fraction of sp³-hybridized carbons (Fsp3) is 0.625. The molecule has 1 aliphatic heterocycles. The lowest BCUT2D eigenvalue weighted by atomic mass is 9.74. The molecule has 2 aliphatic rings. The van der Waals surface area contributed by atoms with Crippen LogP contribution in [0.15, 0.2) is 29.2 Å². The van der Waals surface area contributed by atoms with Gasteiger partial charge in [0.15, 0.2) is 0 Å². The highest BCUT2D eigenvalue weighted by Gasteiger charge is 2.43. The summed E-state index contributed by atoms with van der Waals surface area (Å²) in [7, 11) is -3.48. The molecule has 1 aromatic rings. The lowest BCUT2D eigenvalue weighted by molar-refractivity contribution is 0.0827. The Bertz CT molecular complexity index is 614. The average Bonchev–Trinajstić information content (AvgIpc) is 2.48. The van der Waals surface area contributed by atoms with Crippen LogP contribution in [-0.2, 0) is 10.0 Å². The van der Waals surface area contributed by atoms with Crippen LogP contribution in [0.3, 0.4) is 0 Å². The second kappa shape index (κ2) is 5.61. The van der Waals surface area contributed by atoms with Crippen molar-refractivity contribution in [3.8, 4) is 0 Å². The summed E-state index contributed by atoms with van der Waals surface area (Å²) in [6.07, 6.45) is 5.45. The smallest absolute Gasteiger partial charge is 0.245 e. The number of nitrogens with zero attached hydrogens (tertiary/aromatic N) is 1. The molecule has 2 fully saturated rings. The predicted molar refractivity (Wildman–Crippen MR) is 84.3 cm³/mol. The molecule has 2 N–H and O–H groups in total. The van der Waals surface area contributed by atoms with Gasteiger partial charge in [-0.25, -0.2) is 8.42 Å². The van der Waals surface area contributed by atoms with E-state index in [0.29, 0.717) is 24.1 Å². The Hall–Kier alpha value is -1.07. The van der Waals surface area contributed by atoms with Gasteiger partial charge >= 0.3 is 0 Å². The summed E-state index contributed by atoms with van der Waals surface area (Å²) < 4.78 is 27.8. The molecule has 0 spiro atoms. The largest absolute Gasteiger partial charge is 0.398 e. The minimum Gasteiger partial charge on any atom is -0.398 e. The van der Waals surface area contributed by atoms with Gasteiger partial charge in [0.2, 0.25) is 10.0 Å². The van der Waals surface area contributed by atoms with E-state index in [9.17, 15) is 8.42 Å². The minimum absolute atomic E-state index is 0.159. The lowest BCUT2D eigenvalue weighted by Gasteiger charge is -2.46. The summed E-state index contributed by atoms with van der Waals surface area (Å²) >= 11 is 0. The average molecular weight is 308 g/mol. The van der Waals surface area contributed by atoms with Crippen molar-refractivity contribution in [2.75, 3.05) is 12.3 Å². The Balaban J connectivity index is 1.97. The fourth-order valence-electron chi connectivity index (χ4n) is 4.01. The highest BCUT2D eigenvalue weighted by Crippen LogP contribution is 2.41. The Morgan fingerprint density at radius 2 is 1.86 bits per heavy atom. The quantitative estimate of drug-likeness (QED) is 0.855. The molecular weight excluding hydrogens is 284 g/mol. The van der Waals surface area contributed by atoms with Crippen molar-refractivity contribution in [2.45, 2.75) is 50.0 Å². The van der Waals surface area contributed by atoms with E-state index in [-0.39, 0.29) is 10.9 Å². The second-order valence-corrected chi connectivity index (χ2v) is 8.29. The molecule has 0 radical (unpaired) electrons. The molecule has 21 heavy (non-hydrogen) atoms. The molecule has 1 heterocycles. The van der Waals surface area contributed by atoms with E-state index in [4.69, 9.17) is 5.73 Å². The lowest BCUT2D eigenvalue weighted by Crippen LogP contribution is -2.52. The molecule has 0 aromatic heterocycles. The summed E-state index contributed by atoms with van der Waals surface area (Å²) in [5, 5.41) is 0. The number of nitrogens with two attached hydrogens (primary N) is 1. The highest BCUT2D eigenvalue weighted by molar-refractivity contribution is 7.89. The highest BCUT2D eigenvalue weighted by atomic mass is 32.2. The molecule has 3 atom stereocenters. The van der Waals surface area contributed by atoms with Gasteiger partial charge in [-0.05, 0) is 43.2 Å². The summed E-state index contributed by atoms with van der Waals surface area (Å²) in [6, 6.07) is 6.97. The maximum Gasteiger partial charge on any atom is 0.245 e. The van der Waals surface area contributed by atoms with Crippen LogP contribution >= 0.6 is 0 Å². The number of para-hydroxylation sites is 1. The number of piperidine rings is 1. The molecule has 3 rings (SSSR count). The van der Waals surface area contributed by atoms with E-state index in [1.165, 1.54) is 6.42 Å². The van der Waals surface area contributed by atoms with Crippen molar-refractivity contribution < 1.29 is 8.42 Å². The zero-order valence-electron chi connectivity index (χ0n) is 12.5. The molecule has 1 saturated carbocycles. The summed E-state index contributed by atoms with van der Waals surface area (Å²) in [5.41, 5.74) is 6.25. The van der Waals surface area contributed by atoms with E-state index in [2.05, 4.69) is 6.92 Å². The number of benzene rings is 1. The van der Waals surface area contributed by atoms with Crippen LogP contribution in [-0.4, -0.2) is 25.3 Å². The van der Waals surface area contributed by atoms with Crippen molar-refractivity contribution in [1.29, 1.82) is 0 Å². The third-order valence-corrected chi connectivity index (χ3v) is 7.19. The summed E-state index contributed by atoms with van der Waals surface area (Å²) in [5.74, 6) is 1.13. The number of sulfonamides is 1. The first-order chi connectivity index (χ1) is 10.0. The number of rotatable bonds is 2. The summed E-state index contributed by atoms with van der Waals surface area (Å²) in [4.78, 5) is 0.267. The number of fused-ring (bicyclic) bond motifs is 1. The van der Waals surface area contributed by atoms with Gasteiger partial charge in [-0.15, -0.1) is 0 Å². The minimum atomic E-state index is -3.48. The van der Waals surface area contributed by atoms with Crippen LogP contribution in [0.5, 0.6) is 0 Å². The van der Waals surface area contributed by atoms with Crippen LogP contribution in [0.1, 0.15) is 39.0 Å². The van der Waals surface area contributed by atoms with Gasteiger partial charge in [0, 0.05) is 12.6 Å². The van der Waals surface area contributed by atoms with Crippen LogP contribution in [0.25, 0.3) is 0 Å². The molecule has 1 saturated heterocycles.